The van der Waals surface area contributed by atoms with Crippen LogP contribution in [0.1, 0.15) is 56.1 Å². The molecular weight excluding hydrogens is 298 g/mol. The van der Waals surface area contributed by atoms with E-state index in [1.165, 1.54) is 44.1 Å². The molecule has 0 atom stereocenters. The number of hydrazine groups is 1. The monoisotopic (exact) mass is 324 g/mol. The summed E-state index contributed by atoms with van der Waals surface area (Å²) in [7, 11) is 0. The van der Waals surface area contributed by atoms with Gasteiger partial charge in [-0.3, -0.25) is 10.5 Å². The summed E-state index contributed by atoms with van der Waals surface area (Å²) in [5, 5.41) is 0. The predicted molar refractivity (Wildman–Crippen MR) is 92.1 cm³/mol. The van der Waals surface area contributed by atoms with Crippen molar-refractivity contribution < 1.29 is 9.48 Å². The third-order valence-electron chi connectivity index (χ3n) is 6.87. The zero-order chi connectivity index (χ0) is 16.3. The second-order valence-electron chi connectivity index (χ2n) is 8.76. The topological polar surface area (TPSA) is 58.1 Å². The van der Waals surface area contributed by atoms with E-state index in [4.69, 9.17) is 5.73 Å². The Bertz CT molecular complexity index is 701. The first-order valence-electron chi connectivity index (χ1n) is 9.38. The van der Waals surface area contributed by atoms with Crippen molar-refractivity contribution in [1.29, 1.82) is 0 Å². The van der Waals surface area contributed by atoms with Gasteiger partial charge in [0.1, 0.15) is 6.54 Å². The van der Waals surface area contributed by atoms with Gasteiger partial charge in [-0.25, -0.2) is 0 Å². The fourth-order valence-corrected chi connectivity index (χ4v) is 6.45. The highest BCUT2D eigenvalue weighted by atomic mass is 16.2. The number of amidine groups is 1. The van der Waals surface area contributed by atoms with Crippen LogP contribution in [-0.4, -0.2) is 16.4 Å². The Balaban J connectivity index is 1.30. The number of hydrogen-bond donors (Lipinski definition) is 2. The predicted octanol–water partition coefficient (Wildman–Crippen LogP) is 2.56. The summed E-state index contributed by atoms with van der Waals surface area (Å²) >= 11 is 0. The molecule has 3 N–H and O–H groups in total. The van der Waals surface area contributed by atoms with E-state index in [-0.39, 0.29) is 11.3 Å². The molecule has 4 nitrogen and oxygen atoms in total. The summed E-state index contributed by atoms with van der Waals surface area (Å²) in [6.07, 6.45) is 8.75. The van der Waals surface area contributed by atoms with Gasteiger partial charge in [0.2, 0.25) is 0 Å². The van der Waals surface area contributed by atoms with E-state index in [2.05, 4.69) is 11.5 Å². The maximum absolute atomic E-state index is 12.8. The highest BCUT2D eigenvalue weighted by molar-refractivity contribution is 5.96. The van der Waals surface area contributed by atoms with Crippen LogP contribution >= 0.6 is 0 Å². The zero-order valence-corrected chi connectivity index (χ0v) is 14.1. The van der Waals surface area contributed by atoms with E-state index in [0.29, 0.717) is 18.8 Å². The minimum absolute atomic E-state index is 0.146. The number of carbonyl (C=O) groups excluding carboxylic acids is 1. The molecule has 1 aromatic carbocycles. The lowest BCUT2D eigenvalue weighted by molar-refractivity contribution is -0.586. The van der Waals surface area contributed by atoms with E-state index in [1.54, 1.807) is 0 Å². The second kappa shape index (κ2) is 5.08. The molecule has 0 radical (unpaired) electrons. The van der Waals surface area contributed by atoms with Crippen LogP contribution < -0.4 is 11.2 Å². The van der Waals surface area contributed by atoms with Crippen molar-refractivity contribution in [3.8, 4) is 0 Å². The van der Waals surface area contributed by atoms with Crippen molar-refractivity contribution in [2.24, 2.45) is 28.9 Å². The molecule has 6 rings (SSSR count). The van der Waals surface area contributed by atoms with Crippen LogP contribution in [0.4, 0.5) is 0 Å². The van der Waals surface area contributed by atoms with Crippen LogP contribution in [0.3, 0.4) is 0 Å². The number of rotatable bonds is 3. The van der Waals surface area contributed by atoms with Crippen molar-refractivity contribution in [2.45, 2.75) is 51.5 Å². The Morgan fingerprint density at radius 2 is 1.75 bits per heavy atom. The number of hydrazone groups is 1. The maximum Gasteiger partial charge on any atom is 0.299 e. The number of hydrogen-bond acceptors (Lipinski definition) is 2. The fourth-order valence-electron chi connectivity index (χ4n) is 6.45. The fraction of sp³-hybridized carbons (Fsp3) is 0.600. The van der Waals surface area contributed by atoms with Crippen LogP contribution in [0.2, 0.25) is 0 Å². The minimum atomic E-state index is 0.146. The molecular formula is C20H26N3O+. The molecule has 24 heavy (non-hydrogen) atoms. The average Bonchev–Trinajstić information content (AvgIpc) is 2.82. The summed E-state index contributed by atoms with van der Waals surface area (Å²) in [6, 6.07) is 8.11. The van der Waals surface area contributed by atoms with Gasteiger partial charge in [0, 0.05) is 12.0 Å². The molecule has 1 heterocycles. The highest BCUT2D eigenvalue weighted by Gasteiger charge is 2.51. The summed E-state index contributed by atoms with van der Waals surface area (Å²) in [5.74, 6) is 3.47. The van der Waals surface area contributed by atoms with Gasteiger partial charge in [-0.2, -0.15) is 10.1 Å². The second-order valence-corrected chi connectivity index (χ2v) is 8.76. The molecule has 4 fully saturated rings. The summed E-state index contributed by atoms with van der Waals surface area (Å²) in [5.41, 5.74) is 11.8. The molecule has 0 spiro atoms. The normalized spacial score (nSPS) is 36.1. The summed E-state index contributed by atoms with van der Waals surface area (Å²) in [6.45, 7) is 0.675. The van der Waals surface area contributed by atoms with E-state index in [0.717, 1.165) is 23.3 Å². The van der Waals surface area contributed by atoms with Crippen molar-refractivity contribution in [1.82, 2.24) is 5.43 Å². The SMILES string of the molecule is NC1=[N+](NC(=O)CC23CC4CC(CC(C4)C2)C3)Cc2ccccc21. The molecule has 0 aromatic heterocycles. The molecule has 0 saturated heterocycles. The lowest BCUT2D eigenvalue weighted by Crippen LogP contribution is -2.49. The van der Waals surface area contributed by atoms with E-state index >= 15 is 0 Å². The lowest BCUT2D eigenvalue weighted by atomic mass is 9.49. The Morgan fingerprint density at radius 3 is 2.38 bits per heavy atom. The molecule has 4 heteroatoms. The maximum atomic E-state index is 12.8. The number of amides is 1. The number of nitrogens with two attached hydrogens (primary N) is 1. The first-order chi connectivity index (χ1) is 11.6. The van der Waals surface area contributed by atoms with Crippen molar-refractivity contribution in [3.05, 3.63) is 35.4 Å². The standard InChI is InChI=1S/C20H25N3O/c21-19-17-4-2-1-3-16(17)12-23(19)22-18(24)11-20-8-13-5-14(9-20)7-15(6-13)10-20/h1-4,13-15,21H,5-12H2,(H,22,24)/p+1. The van der Waals surface area contributed by atoms with Crippen LogP contribution in [0, 0.1) is 23.2 Å². The van der Waals surface area contributed by atoms with Gasteiger partial charge in [-0.1, -0.05) is 18.2 Å². The van der Waals surface area contributed by atoms with Gasteiger partial charge in [-0.15, -0.1) is 0 Å². The number of benzene rings is 1. The number of nitrogens with one attached hydrogen (secondary N) is 1. The van der Waals surface area contributed by atoms with Gasteiger partial charge < -0.3 is 0 Å². The van der Waals surface area contributed by atoms with Crippen LogP contribution in [0.25, 0.3) is 0 Å². The Kier molecular flexibility index (Phi) is 3.07. The van der Waals surface area contributed by atoms with Crippen molar-refractivity contribution in [3.63, 3.8) is 0 Å². The Hall–Kier alpha value is -1.84. The molecule has 1 amide bonds. The molecule has 5 aliphatic rings. The molecule has 1 aromatic rings. The van der Waals surface area contributed by atoms with Crippen molar-refractivity contribution >= 4 is 11.7 Å². The third kappa shape index (κ3) is 2.27. The van der Waals surface area contributed by atoms with Gasteiger partial charge in [0.05, 0.1) is 5.56 Å². The lowest BCUT2D eigenvalue weighted by Gasteiger charge is -2.56. The summed E-state index contributed by atoms with van der Waals surface area (Å²) in [4.78, 5) is 12.8. The molecule has 126 valence electrons. The first-order valence-corrected chi connectivity index (χ1v) is 9.38. The molecule has 4 saturated carbocycles. The minimum Gasteiger partial charge on any atom is -0.285 e. The number of fused-ring (bicyclic) bond motifs is 1. The number of carbonyl (C=O) groups is 1. The average molecular weight is 324 g/mol. The first kappa shape index (κ1) is 14.5. The van der Waals surface area contributed by atoms with E-state index < -0.39 is 0 Å². The number of nitrogens with zero attached hydrogens (tertiary/aromatic N) is 1. The highest BCUT2D eigenvalue weighted by Crippen LogP contribution is 2.61. The zero-order valence-electron chi connectivity index (χ0n) is 14.1. The van der Waals surface area contributed by atoms with Gasteiger partial charge in [0.25, 0.3) is 11.7 Å². The van der Waals surface area contributed by atoms with Crippen LogP contribution in [-0.2, 0) is 11.3 Å². The largest absolute Gasteiger partial charge is 0.299 e. The van der Waals surface area contributed by atoms with Gasteiger partial charge in [0.15, 0.2) is 0 Å². The van der Waals surface area contributed by atoms with Crippen LogP contribution in [0.15, 0.2) is 24.3 Å². The quantitative estimate of drug-likeness (QED) is 0.840. The molecule has 4 aliphatic carbocycles. The summed E-state index contributed by atoms with van der Waals surface area (Å²) < 4.78 is 1.83. The van der Waals surface area contributed by atoms with E-state index in [1.807, 2.05) is 22.9 Å². The molecule has 1 aliphatic heterocycles. The Labute approximate surface area is 143 Å². The smallest absolute Gasteiger partial charge is 0.285 e. The third-order valence-corrected chi connectivity index (χ3v) is 6.87. The van der Waals surface area contributed by atoms with Crippen molar-refractivity contribution in [2.75, 3.05) is 0 Å². The van der Waals surface area contributed by atoms with Gasteiger partial charge in [-0.05, 0) is 67.8 Å². The van der Waals surface area contributed by atoms with E-state index in [9.17, 15) is 4.79 Å². The molecule has 4 bridgehead atoms. The van der Waals surface area contributed by atoms with Crippen LogP contribution in [0.5, 0.6) is 0 Å². The molecule has 0 unspecified atom stereocenters. The Morgan fingerprint density at radius 1 is 1.12 bits per heavy atom. The van der Waals surface area contributed by atoms with Gasteiger partial charge >= 0.3 is 0 Å².